The summed E-state index contributed by atoms with van der Waals surface area (Å²) in [6, 6.07) is 9.37. The van der Waals surface area contributed by atoms with E-state index in [1.807, 2.05) is 51.1 Å². The third kappa shape index (κ3) is 4.31. The maximum absolute atomic E-state index is 10.3. The third-order valence-electron chi connectivity index (χ3n) is 2.79. The van der Waals surface area contributed by atoms with E-state index in [1.54, 1.807) is 12.4 Å². The summed E-state index contributed by atoms with van der Waals surface area (Å²) in [4.78, 5) is 9.10. The summed E-state index contributed by atoms with van der Waals surface area (Å²) < 4.78 is 0. The largest absolute Gasteiger partial charge is 0.382 e. The normalized spacial score (nSPS) is 12.8. The molecular formula is C16H19N3OS. The maximum atomic E-state index is 10.3. The van der Waals surface area contributed by atoms with Crippen molar-refractivity contribution in [3.63, 3.8) is 0 Å². The van der Waals surface area contributed by atoms with Gasteiger partial charge in [-0.1, -0.05) is 42.5 Å². The van der Waals surface area contributed by atoms with E-state index in [1.165, 1.54) is 0 Å². The Labute approximate surface area is 130 Å². The second-order valence-corrected chi connectivity index (χ2v) is 6.25. The molecule has 4 nitrogen and oxygen atoms in total. The number of aromatic nitrogens is 2. The summed E-state index contributed by atoms with van der Waals surface area (Å²) in [6.07, 6.45) is 2.36. The van der Waals surface area contributed by atoms with Crippen molar-refractivity contribution < 1.29 is 5.11 Å². The number of nitrogens with one attached hydrogen (secondary N) is 1. The topological polar surface area (TPSA) is 58.0 Å². The summed E-state index contributed by atoms with van der Waals surface area (Å²) in [6.45, 7) is 6.08. The number of hydrogen-bond donors (Lipinski definition) is 2. The van der Waals surface area contributed by atoms with Crippen molar-refractivity contribution in [1.82, 2.24) is 15.3 Å². The lowest BCUT2D eigenvalue weighted by Gasteiger charge is -2.22. The molecule has 0 bridgehead atoms. The Morgan fingerprint density at radius 3 is 2.33 bits per heavy atom. The Morgan fingerprint density at radius 1 is 1.14 bits per heavy atom. The van der Waals surface area contributed by atoms with Gasteiger partial charge < -0.3 is 10.4 Å². The molecule has 1 aromatic heterocycles. The van der Waals surface area contributed by atoms with E-state index < -0.39 is 6.10 Å². The Morgan fingerprint density at radius 2 is 1.81 bits per heavy atom. The molecule has 110 valence electrons. The lowest BCUT2D eigenvalue weighted by molar-refractivity contribution is 0.215. The van der Waals surface area contributed by atoms with Gasteiger partial charge in [-0.3, -0.25) is 9.97 Å². The zero-order chi connectivity index (χ0) is 15.5. The quantitative estimate of drug-likeness (QED) is 0.854. The van der Waals surface area contributed by atoms with Crippen molar-refractivity contribution in [2.45, 2.75) is 32.4 Å². The fraction of sp³-hybridized carbons (Fsp3) is 0.312. The van der Waals surface area contributed by atoms with Gasteiger partial charge in [-0.05, 0) is 26.3 Å². The zero-order valence-corrected chi connectivity index (χ0v) is 13.2. The van der Waals surface area contributed by atoms with Gasteiger partial charge in [0, 0.05) is 5.54 Å². The van der Waals surface area contributed by atoms with Gasteiger partial charge in [-0.25, -0.2) is 0 Å². The van der Waals surface area contributed by atoms with Crippen molar-refractivity contribution in [3.05, 3.63) is 59.7 Å². The van der Waals surface area contributed by atoms with Crippen molar-refractivity contribution in [3.8, 4) is 0 Å². The smallest absolute Gasteiger partial charge is 0.127 e. The minimum atomic E-state index is -0.781. The monoisotopic (exact) mass is 301 g/mol. The fourth-order valence-corrected chi connectivity index (χ4v) is 2.22. The number of nitrogens with zero attached hydrogens (tertiary/aromatic N) is 2. The second kappa shape index (κ2) is 6.28. The number of hydrogen-bond acceptors (Lipinski definition) is 4. The molecule has 1 atom stereocenters. The van der Waals surface area contributed by atoms with Gasteiger partial charge in [0.15, 0.2) is 0 Å². The van der Waals surface area contributed by atoms with Crippen molar-refractivity contribution in [2.75, 3.05) is 0 Å². The van der Waals surface area contributed by atoms with Crippen LogP contribution in [-0.2, 0) is 0 Å². The van der Waals surface area contributed by atoms with Crippen LogP contribution < -0.4 is 5.32 Å². The first-order valence-electron chi connectivity index (χ1n) is 6.74. The second-order valence-electron chi connectivity index (χ2n) is 5.84. The predicted molar refractivity (Wildman–Crippen MR) is 87.1 cm³/mol. The third-order valence-corrected chi connectivity index (χ3v) is 3.10. The van der Waals surface area contributed by atoms with E-state index in [0.29, 0.717) is 16.4 Å². The highest BCUT2D eigenvalue weighted by Crippen LogP contribution is 2.18. The zero-order valence-electron chi connectivity index (χ0n) is 12.4. The molecule has 1 unspecified atom stereocenters. The van der Waals surface area contributed by atoms with Crippen LogP contribution in [0.15, 0.2) is 42.7 Å². The summed E-state index contributed by atoms with van der Waals surface area (Å²) >= 11 is 5.29. The molecule has 2 rings (SSSR count). The molecule has 5 heteroatoms. The molecule has 0 saturated heterocycles. The number of thiocarbonyl (C=S) groups is 1. The highest BCUT2D eigenvalue weighted by atomic mass is 32.1. The molecule has 2 aromatic rings. The lowest BCUT2D eigenvalue weighted by atomic mass is 10.1. The molecule has 0 aliphatic carbocycles. The average molecular weight is 301 g/mol. The van der Waals surface area contributed by atoms with Gasteiger partial charge in [0.1, 0.15) is 16.8 Å². The van der Waals surface area contributed by atoms with Crippen LogP contribution in [-0.4, -0.2) is 25.6 Å². The SMILES string of the molecule is CC(C)(C)NC(=S)c1cnc(C(O)c2ccccc2)cn1. The number of benzene rings is 1. The molecule has 0 aliphatic heterocycles. The minimum Gasteiger partial charge on any atom is -0.382 e. The predicted octanol–water partition coefficient (Wildman–Crippen LogP) is 2.62. The molecular weight excluding hydrogens is 282 g/mol. The summed E-state index contributed by atoms with van der Waals surface area (Å²) in [7, 11) is 0. The van der Waals surface area contributed by atoms with Crippen LogP contribution in [0.25, 0.3) is 0 Å². The van der Waals surface area contributed by atoms with Crippen molar-refractivity contribution in [1.29, 1.82) is 0 Å². The van der Waals surface area contributed by atoms with E-state index in [2.05, 4.69) is 15.3 Å². The molecule has 0 aliphatic rings. The van der Waals surface area contributed by atoms with Crippen LogP contribution in [0, 0.1) is 0 Å². The maximum Gasteiger partial charge on any atom is 0.127 e. The molecule has 0 spiro atoms. The van der Waals surface area contributed by atoms with Gasteiger partial charge in [0.2, 0.25) is 0 Å². The van der Waals surface area contributed by atoms with Crippen LogP contribution >= 0.6 is 12.2 Å². The van der Waals surface area contributed by atoms with Crippen LogP contribution in [0.1, 0.15) is 43.8 Å². The molecule has 0 saturated carbocycles. The summed E-state index contributed by atoms with van der Waals surface area (Å²) in [5, 5.41) is 13.4. The van der Waals surface area contributed by atoms with Gasteiger partial charge >= 0.3 is 0 Å². The molecule has 2 N–H and O–H groups in total. The molecule has 0 amide bonds. The van der Waals surface area contributed by atoms with Crippen molar-refractivity contribution >= 4 is 17.2 Å². The number of rotatable bonds is 3. The Bertz CT molecular complexity index is 606. The van der Waals surface area contributed by atoms with E-state index >= 15 is 0 Å². The lowest BCUT2D eigenvalue weighted by Crippen LogP contribution is -2.40. The first-order valence-corrected chi connectivity index (χ1v) is 7.15. The Kier molecular flexibility index (Phi) is 4.65. The molecule has 1 heterocycles. The molecule has 0 radical (unpaired) electrons. The van der Waals surface area contributed by atoms with Crippen LogP contribution in [0.2, 0.25) is 0 Å². The summed E-state index contributed by atoms with van der Waals surface area (Å²) in [5.41, 5.74) is 1.77. The van der Waals surface area contributed by atoms with E-state index in [9.17, 15) is 5.11 Å². The first-order chi connectivity index (χ1) is 9.87. The highest BCUT2D eigenvalue weighted by Gasteiger charge is 2.15. The average Bonchev–Trinajstić information content (AvgIpc) is 2.46. The van der Waals surface area contributed by atoms with E-state index in [-0.39, 0.29) is 5.54 Å². The Balaban J connectivity index is 2.14. The Hall–Kier alpha value is -1.85. The number of aliphatic hydroxyl groups is 1. The van der Waals surface area contributed by atoms with Crippen molar-refractivity contribution in [2.24, 2.45) is 0 Å². The molecule has 21 heavy (non-hydrogen) atoms. The molecule has 1 aromatic carbocycles. The summed E-state index contributed by atoms with van der Waals surface area (Å²) in [5.74, 6) is 0. The van der Waals surface area contributed by atoms with Crippen LogP contribution in [0.4, 0.5) is 0 Å². The van der Waals surface area contributed by atoms with Gasteiger partial charge in [-0.15, -0.1) is 0 Å². The standard InChI is InChI=1S/C16H19N3OS/c1-16(2,3)19-15(21)13-10-17-12(9-18-13)14(20)11-7-5-4-6-8-11/h4-10,14,20H,1-3H3,(H,19,21). The first kappa shape index (κ1) is 15.5. The minimum absolute atomic E-state index is 0.124. The van der Waals surface area contributed by atoms with Crippen LogP contribution in [0.5, 0.6) is 0 Å². The van der Waals surface area contributed by atoms with E-state index in [0.717, 1.165) is 5.56 Å². The van der Waals surface area contributed by atoms with E-state index in [4.69, 9.17) is 12.2 Å². The van der Waals surface area contributed by atoms with Gasteiger partial charge in [0.05, 0.1) is 18.1 Å². The van der Waals surface area contributed by atoms with Gasteiger partial charge in [-0.2, -0.15) is 0 Å². The number of aliphatic hydroxyl groups excluding tert-OH is 1. The fourth-order valence-electron chi connectivity index (χ4n) is 1.81. The molecule has 0 fully saturated rings. The van der Waals surface area contributed by atoms with Crippen LogP contribution in [0.3, 0.4) is 0 Å². The highest BCUT2D eigenvalue weighted by molar-refractivity contribution is 7.80. The van der Waals surface area contributed by atoms with Gasteiger partial charge in [0.25, 0.3) is 0 Å².